The fourth-order valence-corrected chi connectivity index (χ4v) is 3.77. The lowest BCUT2D eigenvalue weighted by molar-refractivity contribution is 0.0925. The highest BCUT2D eigenvalue weighted by Crippen LogP contribution is 2.39. The maximum atomic E-state index is 6.45. The normalized spacial score (nSPS) is 24.0. The van der Waals surface area contributed by atoms with Crippen LogP contribution in [0.4, 0.5) is 0 Å². The first kappa shape index (κ1) is 16.1. The third-order valence-corrected chi connectivity index (χ3v) is 4.69. The summed E-state index contributed by atoms with van der Waals surface area (Å²) in [5.41, 5.74) is 1.19. The van der Waals surface area contributed by atoms with Crippen LogP contribution in [0.1, 0.15) is 37.8 Å². The van der Waals surface area contributed by atoms with Crippen LogP contribution in [0, 0.1) is 5.92 Å². The van der Waals surface area contributed by atoms with E-state index in [1.807, 2.05) is 25.2 Å². The van der Waals surface area contributed by atoms with Crippen LogP contribution < -0.4 is 5.32 Å². The number of likely N-dealkylation sites (tertiary alicyclic amines) is 1. The van der Waals surface area contributed by atoms with E-state index in [2.05, 4.69) is 17.1 Å². The van der Waals surface area contributed by atoms with Gasteiger partial charge >= 0.3 is 0 Å². The zero-order valence-electron chi connectivity index (χ0n) is 12.3. The number of hydrogen-bond donors (Lipinski definition) is 1. The molecule has 2 rings (SSSR count). The van der Waals surface area contributed by atoms with Crippen molar-refractivity contribution in [3.8, 4) is 0 Å². The molecule has 0 radical (unpaired) electrons. The van der Waals surface area contributed by atoms with Gasteiger partial charge in [-0.2, -0.15) is 0 Å². The van der Waals surface area contributed by atoms with Crippen LogP contribution in [0.3, 0.4) is 0 Å². The molecule has 20 heavy (non-hydrogen) atoms. The Balaban J connectivity index is 2.34. The van der Waals surface area contributed by atoms with Crippen LogP contribution in [-0.4, -0.2) is 31.6 Å². The number of rotatable bonds is 5. The second-order valence-electron chi connectivity index (χ2n) is 5.61. The van der Waals surface area contributed by atoms with Crippen LogP contribution in [0.15, 0.2) is 18.2 Å². The molecule has 0 amide bonds. The van der Waals surface area contributed by atoms with Crippen molar-refractivity contribution in [2.75, 3.05) is 26.7 Å². The fourth-order valence-electron chi connectivity index (χ4n) is 3.36. The zero-order chi connectivity index (χ0) is 14.5. The molecule has 1 saturated heterocycles. The largest absolute Gasteiger partial charge is 0.319 e. The summed E-state index contributed by atoms with van der Waals surface area (Å²) in [4.78, 5) is 2.57. The minimum absolute atomic E-state index is 0.377. The summed E-state index contributed by atoms with van der Waals surface area (Å²) < 4.78 is 0. The molecule has 0 aromatic heterocycles. The van der Waals surface area contributed by atoms with Crippen LogP contribution >= 0.6 is 23.2 Å². The minimum Gasteiger partial charge on any atom is -0.319 e. The van der Waals surface area contributed by atoms with Gasteiger partial charge in [0.1, 0.15) is 0 Å². The molecule has 1 aliphatic heterocycles. The van der Waals surface area contributed by atoms with Gasteiger partial charge in [-0.3, -0.25) is 4.90 Å². The molecule has 0 spiro atoms. The standard InChI is InChI=1S/C16H24Cl2N2/c1-3-8-20-9-4-5-12(11-19-2)16(20)14-10-13(17)6-7-15(14)18/h6-7,10,12,16,19H,3-5,8-9,11H2,1-2H3. The van der Waals surface area contributed by atoms with E-state index >= 15 is 0 Å². The van der Waals surface area contributed by atoms with Crippen molar-refractivity contribution >= 4 is 23.2 Å². The number of benzene rings is 1. The Morgan fingerprint density at radius 3 is 2.85 bits per heavy atom. The summed E-state index contributed by atoms with van der Waals surface area (Å²) in [6, 6.07) is 6.22. The van der Waals surface area contributed by atoms with Gasteiger partial charge in [0, 0.05) is 16.1 Å². The summed E-state index contributed by atoms with van der Waals surface area (Å²) in [6.45, 7) is 5.53. The average molecular weight is 315 g/mol. The van der Waals surface area contributed by atoms with Gasteiger partial charge in [0.2, 0.25) is 0 Å². The van der Waals surface area contributed by atoms with E-state index < -0.39 is 0 Å². The number of hydrogen-bond acceptors (Lipinski definition) is 2. The maximum Gasteiger partial charge on any atom is 0.0455 e. The van der Waals surface area contributed by atoms with Gasteiger partial charge in [-0.25, -0.2) is 0 Å². The lowest BCUT2D eigenvalue weighted by atomic mass is 9.84. The fraction of sp³-hybridized carbons (Fsp3) is 0.625. The molecule has 0 bridgehead atoms. The highest BCUT2D eigenvalue weighted by atomic mass is 35.5. The number of nitrogens with zero attached hydrogens (tertiary/aromatic N) is 1. The molecule has 1 N–H and O–H groups in total. The summed E-state index contributed by atoms with van der Waals surface area (Å²) in [5.74, 6) is 0.594. The summed E-state index contributed by atoms with van der Waals surface area (Å²) in [7, 11) is 2.02. The molecule has 2 nitrogen and oxygen atoms in total. The molecule has 0 aliphatic carbocycles. The lowest BCUT2D eigenvalue weighted by Gasteiger charge is -2.42. The second-order valence-corrected chi connectivity index (χ2v) is 6.45. The Hall–Kier alpha value is -0.280. The predicted molar refractivity (Wildman–Crippen MR) is 87.7 cm³/mol. The molecule has 2 atom stereocenters. The molecule has 112 valence electrons. The van der Waals surface area contributed by atoms with E-state index in [0.717, 1.165) is 29.7 Å². The van der Waals surface area contributed by atoms with Crippen molar-refractivity contribution in [1.29, 1.82) is 0 Å². The molecule has 0 saturated carbocycles. The SMILES string of the molecule is CCCN1CCCC(CNC)C1c1cc(Cl)ccc1Cl. The molecule has 4 heteroatoms. The Labute approximate surface area is 132 Å². The quantitative estimate of drug-likeness (QED) is 0.867. The van der Waals surface area contributed by atoms with E-state index in [0.29, 0.717) is 12.0 Å². The summed E-state index contributed by atoms with van der Waals surface area (Å²) in [6.07, 6.45) is 3.68. The summed E-state index contributed by atoms with van der Waals surface area (Å²) in [5, 5.41) is 4.94. The molecule has 1 fully saturated rings. The van der Waals surface area contributed by atoms with Crippen molar-refractivity contribution in [2.45, 2.75) is 32.2 Å². The highest BCUT2D eigenvalue weighted by molar-refractivity contribution is 6.33. The van der Waals surface area contributed by atoms with Gasteiger partial charge in [0.15, 0.2) is 0 Å². The first-order valence-electron chi connectivity index (χ1n) is 7.51. The summed E-state index contributed by atoms with van der Waals surface area (Å²) >= 11 is 12.6. The highest BCUT2D eigenvalue weighted by Gasteiger charge is 2.33. The van der Waals surface area contributed by atoms with Gasteiger partial charge in [-0.15, -0.1) is 0 Å². The van der Waals surface area contributed by atoms with Gasteiger partial charge < -0.3 is 5.32 Å². The van der Waals surface area contributed by atoms with Crippen molar-refractivity contribution < 1.29 is 0 Å². The molecular formula is C16H24Cl2N2. The van der Waals surface area contributed by atoms with E-state index in [-0.39, 0.29) is 0 Å². The van der Waals surface area contributed by atoms with Gasteiger partial charge in [0.05, 0.1) is 0 Å². The minimum atomic E-state index is 0.377. The first-order chi connectivity index (χ1) is 9.67. The third-order valence-electron chi connectivity index (χ3n) is 4.11. The van der Waals surface area contributed by atoms with Crippen LogP contribution in [-0.2, 0) is 0 Å². The number of halogens is 2. The topological polar surface area (TPSA) is 15.3 Å². The van der Waals surface area contributed by atoms with Crippen molar-refractivity contribution in [1.82, 2.24) is 10.2 Å². The van der Waals surface area contributed by atoms with Crippen LogP contribution in [0.2, 0.25) is 10.0 Å². The van der Waals surface area contributed by atoms with E-state index in [1.54, 1.807) is 0 Å². The Morgan fingerprint density at radius 2 is 2.15 bits per heavy atom. The number of piperidine rings is 1. The van der Waals surface area contributed by atoms with Gasteiger partial charge in [-0.1, -0.05) is 30.1 Å². The van der Waals surface area contributed by atoms with Crippen molar-refractivity contribution in [3.63, 3.8) is 0 Å². The Bertz CT molecular complexity index is 418. The van der Waals surface area contributed by atoms with Crippen LogP contribution in [0.5, 0.6) is 0 Å². The third kappa shape index (κ3) is 3.67. The van der Waals surface area contributed by atoms with E-state index in [9.17, 15) is 0 Å². The van der Waals surface area contributed by atoms with Crippen molar-refractivity contribution in [2.24, 2.45) is 5.92 Å². The number of nitrogens with one attached hydrogen (secondary N) is 1. The first-order valence-corrected chi connectivity index (χ1v) is 8.26. The smallest absolute Gasteiger partial charge is 0.0455 e. The Morgan fingerprint density at radius 1 is 1.35 bits per heavy atom. The lowest BCUT2D eigenvalue weighted by Crippen LogP contribution is -2.42. The van der Waals surface area contributed by atoms with Crippen LogP contribution in [0.25, 0.3) is 0 Å². The van der Waals surface area contributed by atoms with Gasteiger partial charge in [-0.05, 0) is 75.6 Å². The monoisotopic (exact) mass is 314 g/mol. The second kappa shape index (κ2) is 7.65. The van der Waals surface area contributed by atoms with Gasteiger partial charge in [0.25, 0.3) is 0 Å². The molecule has 1 heterocycles. The molecule has 1 aliphatic rings. The molecular weight excluding hydrogens is 291 g/mol. The predicted octanol–water partition coefficient (Wildman–Crippen LogP) is 4.38. The molecule has 2 unspecified atom stereocenters. The van der Waals surface area contributed by atoms with E-state index in [1.165, 1.54) is 24.8 Å². The average Bonchev–Trinajstić information content (AvgIpc) is 2.43. The Kier molecular flexibility index (Phi) is 6.16. The molecule has 1 aromatic rings. The molecule has 1 aromatic carbocycles. The van der Waals surface area contributed by atoms with E-state index in [4.69, 9.17) is 23.2 Å². The zero-order valence-corrected chi connectivity index (χ0v) is 13.8. The maximum absolute atomic E-state index is 6.45. The van der Waals surface area contributed by atoms with Crippen molar-refractivity contribution in [3.05, 3.63) is 33.8 Å².